The van der Waals surface area contributed by atoms with E-state index < -0.39 is 12.3 Å². The van der Waals surface area contributed by atoms with Crippen molar-refractivity contribution in [3.05, 3.63) is 65.2 Å². The summed E-state index contributed by atoms with van der Waals surface area (Å²) >= 11 is 0. The van der Waals surface area contributed by atoms with Gasteiger partial charge in [0.1, 0.15) is 0 Å². The Bertz CT molecular complexity index is 1080. The Hall–Kier alpha value is -2.82. The summed E-state index contributed by atoms with van der Waals surface area (Å²) in [5.41, 5.74) is 3.18. The summed E-state index contributed by atoms with van der Waals surface area (Å²) in [5.74, 6) is -1.13. The molecule has 2 aliphatic heterocycles. The van der Waals surface area contributed by atoms with E-state index >= 15 is 0 Å². The summed E-state index contributed by atoms with van der Waals surface area (Å²) < 4.78 is 13.0. The molecule has 9 heteroatoms. The number of nitrogens with one attached hydrogen (secondary N) is 1. The number of carbonyl (C=O) groups is 2. The van der Waals surface area contributed by atoms with Crippen LogP contribution in [0.15, 0.2) is 48.5 Å². The predicted molar refractivity (Wildman–Crippen MR) is 141 cm³/mol. The Kier molecular flexibility index (Phi) is 9.87. The van der Waals surface area contributed by atoms with Crippen LogP contribution in [0.4, 0.5) is 5.69 Å². The van der Waals surface area contributed by atoms with E-state index in [1.54, 1.807) is 6.07 Å². The lowest BCUT2D eigenvalue weighted by Gasteiger charge is -2.43. The van der Waals surface area contributed by atoms with Crippen LogP contribution in [0.1, 0.15) is 68.1 Å². The van der Waals surface area contributed by atoms with Crippen molar-refractivity contribution in [3.63, 3.8) is 0 Å². The van der Waals surface area contributed by atoms with Gasteiger partial charge in [-0.25, -0.2) is 0 Å². The van der Waals surface area contributed by atoms with Gasteiger partial charge in [0, 0.05) is 42.6 Å². The van der Waals surface area contributed by atoms with Crippen molar-refractivity contribution in [3.8, 4) is 0 Å². The molecule has 0 saturated carbocycles. The number of nitrogens with zero attached hydrogens (tertiary/aromatic N) is 1. The second kappa shape index (κ2) is 13.3. The predicted octanol–water partition coefficient (Wildman–Crippen LogP) is 3.62. The smallest absolute Gasteiger partial charge is 0.303 e. The molecule has 2 aromatic rings. The zero-order chi connectivity index (χ0) is 27.1. The lowest BCUT2D eigenvalue weighted by atomic mass is 9.90. The Labute approximate surface area is 223 Å². The lowest BCUT2D eigenvalue weighted by Crippen LogP contribution is -2.46. The number of hydrogen-bond acceptors (Lipinski definition) is 7. The van der Waals surface area contributed by atoms with Crippen molar-refractivity contribution >= 4 is 17.6 Å². The van der Waals surface area contributed by atoms with Gasteiger partial charge in [0.15, 0.2) is 6.29 Å². The second-order valence-corrected chi connectivity index (χ2v) is 10.2. The summed E-state index contributed by atoms with van der Waals surface area (Å²) in [7, 11) is 0. The van der Waals surface area contributed by atoms with Gasteiger partial charge in [-0.3, -0.25) is 14.5 Å². The van der Waals surface area contributed by atoms with Gasteiger partial charge in [-0.1, -0.05) is 43.3 Å². The maximum atomic E-state index is 12.3. The maximum Gasteiger partial charge on any atom is 0.303 e. The summed E-state index contributed by atoms with van der Waals surface area (Å²) in [5, 5.41) is 30.9. The van der Waals surface area contributed by atoms with E-state index in [0.717, 1.165) is 36.1 Å². The molecule has 4 rings (SSSR count). The highest BCUT2D eigenvalue weighted by molar-refractivity contribution is 5.90. The minimum Gasteiger partial charge on any atom is -0.481 e. The Morgan fingerprint density at radius 2 is 1.84 bits per heavy atom. The molecule has 2 saturated heterocycles. The Morgan fingerprint density at radius 3 is 2.55 bits per heavy atom. The van der Waals surface area contributed by atoms with Gasteiger partial charge in [-0.15, -0.1) is 0 Å². The van der Waals surface area contributed by atoms with Gasteiger partial charge < -0.3 is 30.1 Å². The van der Waals surface area contributed by atoms with Crippen molar-refractivity contribution in [2.75, 3.05) is 25.0 Å². The number of carboxylic acid groups (broad SMARTS) is 1. The first kappa shape index (κ1) is 28.2. The van der Waals surface area contributed by atoms with Crippen LogP contribution < -0.4 is 5.32 Å². The van der Waals surface area contributed by atoms with E-state index in [1.807, 2.05) is 42.5 Å². The van der Waals surface area contributed by atoms with Crippen LogP contribution in [-0.2, 0) is 25.7 Å². The number of anilines is 1. The lowest BCUT2D eigenvalue weighted by molar-refractivity contribution is -0.276. The van der Waals surface area contributed by atoms with E-state index in [2.05, 4.69) is 17.1 Å². The summed E-state index contributed by atoms with van der Waals surface area (Å²) in [6.07, 6.45) is 1.29. The first-order chi connectivity index (χ1) is 18.4. The highest BCUT2D eigenvalue weighted by atomic mass is 16.7. The third-order valence-electron chi connectivity index (χ3n) is 7.48. The minimum atomic E-state index is -0.921. The highest BCUT2D eigenvalue weighted by Gasteiger charge is 2.40. The molecule has 1 amide bonds. The summed E-state index contributed by atoms with van der Waals surface area (Å²) in [6, 6.07) is 15.2. The normalized spacial score (nSPS) is 25.8. The molecule has 0 radical (unpaired) electrons. The van der Waals surface area contributed by atoms with E-state index in [9.17, 15) is 19.8 Å². The third-order valence-corrected chi connectivity index (χ3v) is 7.48. The standard InChI is InChI=1S/C29H38N2O7/c1-19-25(16-31-14-4-7-24(31)18-33)37-29(38-28(19)21-12-10-20(17-32)11-13-21)22-5-2-6-23(15-22)30-26(34)8-3-9-27(35)36/h2,5-6,10-13,15,19,24-25,28-29,32-33H,3-4,7-9,14,16-18H2,1H3,(H,30,34)(H,35,36)/t19-,24+,25+,28+,29+/m1/s1. The number of carbonyl (C=O) groups excluding carboxylic acids is 1. The number of hydrogen-bond donors (Lipinski definition) is 4. The van der Waals surface area contributed by atoms with Gasteiger partial charge in [0.25, 0.3) is 0 Å². The van der Waals surface area contributed by atoms with Crippen LogP contribution >= 0.6 is 0 Å². The molecular weight excluding hydrogens is 488 g/mol. The Balaban J connectivity index is 1.53. The largest absolute Gasteiger partial charge is 0.481 e. The minimum absolute atomic E-state index is 0.0257. The van der Waals surface area contributed by atoms with E-state index in [-0.39, 0.29) is 62.6 Å². The van der Waals surface area contributed by atoms with E-state index in [0.29, 0.717) is 12.2 Å². The van der Waals surface area contributed by atoms with Crippen LogP contribution in [0.2, 0.25) is 0 Å². The van der Waals surface area contributed by atoms with Crippen LogP contribution in [0, 0.1) is 5.92 Å². The third kappa shape index (κ3) is 7.18. The fraction of sp³-hybridized carbons (Fsp3) is 0.517. The van der Waals surface area contributed by atoms with Gasteiger partial charge >= 0.3 is 5.97 Å². The van der Waals surface area contributed by atoms with Crippen molar-refractivity contribution < 1.29 is 34.4 Å². The molecule has 0 unspecified atom stereocenters. The van der Waals surface area contributed by atoms with Crippen molar-refractivity contribution in [2.45, 2.75) is 70.2 Å². The fourth-order valence-corrected chi connectivity index (χ4v) is 5.29. The van der Waals surface area contributed by atoms with Gasteiger partial charge in [-0.05, 0) is 49.1 Å². The van der Waals surface area contributed by atoms with Gasteiger partial charge in [-0.2, -0.15) is 0 Å². The van der Waals surface area contributed by atoms with Gasteiger partial charge in [0.2, 0.25) is 5.91 Å². The summed E-state index contributed by atoms with van der Waals surface area (Å²) in [6.45, 7) is 3.81. The zero-order valence-corrected chi connectivity index (χ0v) is 21.8. The zero-order valence-electron chi connectivity index (χ0n) is 21.8. The number of aliphatic hydroxyl groups excluding tert-OH is 2. The van der Waals surface area contributed by atoms with Crippen LogP contribution in [0.25, 0.3) is 0 Å². The van der Waals surface area contributed by atoms with Crippen molar-refractivity contribution in [1.82, 2.24) is 4.90 Å². The average molecular weight is 527 g/mol. The van der Waals surface area contributed by atoms with Crippen LogP contribution in [-0.4, -0.2) is 63.9 Å². The molecule has 0 bridgehead atoms. The molecule has 2 aliphatic rings. The molecule has 38 heavy (non-hydrogen) atoms. The highest BCUT2D eigenvalue weighted by Crippen LogP contribution is 2.42. The number of carboxylic acids is 1. The SMILES string of the molecule is C[C@@H]1[C@H](CN2CCC[C@H]2CO)O[C@H](c2cccc(NC(=O)CCCC(=O)O)c2)O[C@@H]1c1ccc(CO)cc1. The molecule has 5 atom stereocenters. The maximum absolute atomic E-state index is 12.3. The molecule has 9 nitrogen and oxygen atoms in total. The van der Waals surface area contributed by atoms with E-state index in [1.165, 1.54) is 0 Å². The average Bonchev–Trinajstić information content (AvgIpc) is 3.37. The number of amides is 1. The number of aliphatic carboxylic acids is 1. The number of likely N-dealkylation sites (tertiary alicyclic amines) is 1. The monoisotopic (exact) mass is 526 g/mol. The molecular formula is C29H38N2O7. The molecule has 4 N–H and O–H groups in total. The molecule has 0 aliphatic carbocycles. The van der Waals surface area contributed by atoms with E-state index in [4.69, 9.17) is 14.6 Å². The van der Waals surface area contributed by atoms with Crippen molar-refractivity contribution in [1.29, 1.82) is 0 Å². The molecule has 0 spiro atoms. The van der Waals surface area contributed by atoms with Crippen LogP contribution in [0.3, 0.4) is 0 Å². The first-order valence-electron chi connectivity index (χ1n) is 13.3. The number of rotatable bonds is 11. The topological polar surface area (TPSA) is 129 Å². The number of ether oxygens (including phenoxy) is 2. The molecule has 2 fully saturated rings. The first-order valence-corrected chi connectivity index (χ1v) is 13.3. The molecule has 206 valence electrons. The quantitative estimate of drug-likeness (QED) is 0.350. The molecule has 2 aromatic carbocycles. The van der Waals surface area contributed by atoms with Crippen molar-refractivity contribution in [2.24, 2.45) is 5.92 Å². The second-order valence-electron chi connectivity index (χ2n) is 10.2. The Morgan fingerprint density at radius 1 is 1.05 bits per heavy atom. The molecule has 0 aromatic heterocycles. The van der Waals surface area contributed by atoms with Gasteiger partial charge in [0.05, 0.1) is 25.4 Å². The number of benzene rings is 2. The summed E-state index contributed by atoms with van der Waals surface area (Å²) in [4.78, 5) is 25.3. The molecule has 2 heterocycles. The fourth-order valence-electron chi connectivity index (χ4n) is 5.29. The van der Waals surface area contributed by atoms with Crippen LogP contribution in [0.5, 0.6) is 0 Å². The number of aliphatic hydroxyl groups is 2.